The summed E-state index contributed by atoms with van der Waals surface area (Å²) in [5.74, 6) is -0.0497. The van der Waals surface area contributed by atoms with Crippen LogP contribution in [-0.2, 0) is 43.2 Å². The highest BCUT2D eigenvalue weighted by atomic mass is 16.6. The van der Waals surface area contributed by atoms with Gasteiger partial charge in [0.15, 0.2) is 5.78 Å². The van der Waals surface area contributed by atoms with Gasteiger partial charge in [0, 0.05) is 10.7 Å². The van der Waals surface area contributed by atoms with E-state index in [1.807, 2.05) is 99.6 Å². The molecule has 9 nitrogen and oxygen atoms in total. The van der Waals surface area contributed by atoms with E-state index in [9.17, 15) is 19.2 Å². The molecule has 0 unspecified atom stereocenters. The van der Waals surface area contributed by atoms with Crippen molar-refractivity contribution in [2.75, 3.05) is 6.54 Å². The second-order valence-electron chi connectivity index (χ2n) is 12.8. The van der Waals surface area contributed by atoms with Crippen LogP contribution in [0.5, 0.6) is 11.5 Å². The van der Waals surface area contributed by atoms with Gasteiger partial charge in [-0.1, -0.05) is 54.6 Å². The van der Waals surface area contributed by atoms with Crippen LogP contribution in [-0.4, -0.2) is 53.8 Å². The molecule has 0 saturated heterocycles. The van der Waals surface area contributed by atoms with Crippen molar-refractivity contribution in [2.24, 2.45) is 0 Å². The van der Waals surface area contributed by atoms with Crippen molar-refractivity contribution >= 4 is 23.6 Å². The summed E-state index contributed by atoms with van der Waals surface area (Å²) in [7, 11) is 0. The van der Waals surface area contributed by atoms with E-state index >= 15 is 0 Å². The molecule has 250 valence electrons. The summed E-state index contributed by atoms with van der Waals surface area (Å²) in [6, 6.07) is 22.4. The van der Waals surface area contributed by atoms with Crippen LogP contribution in [0.15, 0.2) is 78.9 Å². The maximum absolute atomic E-state index is 13.9. The van der Waals surface area contributed by atoms with Gasteiger partial charge in [0.1, 0.15) is 23.1 Å². The van der Waals surface area contributed by atoms with Crippen LogP contribution in [0.1, 0.15) is 67.9 Å². The lowest BCUT2D eigenvalue weighted by Gasteiger charge is -2.26. The van der Waals surface area contributed by atoms with Gasteiger partial charge in [0.05, 0.1) is 12.1 Å². The molecule has 4 rings (SSSR count). The van der Waals surface area contributed by atoms with Gasteiger partial charge in [-0.2, -0.15) is 0 Å². The number of ether oxygens (including phenoxy) is 2. The molecule has 3 aromatic carbocycles. The second-order valence-corrected chi connectivity index (χ2v) is 12.8. The third-order valence-electron chi connectivity index (χ3n) is 7.60. The van der Waals surface area contributed by atoms with E-state index in [1.54, 1.807) is 0 Å². The van der Waals surface area contributed by atoms with Crippen LogP contribution >= 0.6 is 0 Å². The SMILES string of the molecule is CC(=O)[C@@H]1Cc2cccc(c2)Oc2cccc(c2)C[C@H](NCCCC(=O)OC(C)(C)C)C(=O)N[C@@H](CCc2ccccc2)C(=O)N1.[HH].[HH].[HH]. The molecule has 1 heterocycles. The number of carbonyl (C=O) groups is 4. The maximum atomic E-state index is 13.9. The van der Waals surface area contributed by atoms with Crippen LogP contribution < -0.4 is 20.7 Å². The third kappa shape index (κ3) is 11.1. The zero-order valence-electron chi connectivity index (χ0n) is 27.1. The van der Waals surface area contributed by atoms with Crippen molar-refractivity contribution in [3.8, 4) is 11.5 Å². The Morgan fingerprint density at radius 2 is 1.54 bits per heavy atom. The molecule has 2 amide bonds. The minimum atomic E-state index is -0.880. The fourth-order valence-corrected chi connectivity index (χ4v) is 5.30. The molecule has 1 aliphatic rings. The number of rotatable bonds is 9. The molecule has 0 aliphatic carbocycles. The van der Waals surface area contributed by atoms with Crippen LogP contribution in [0.3, 0.4) is 0 Å². The van der Waals surface area contributed by atoms with Crippen molar-refractivity contribution in [3.63, 3.8) is 0 Å². The highest BCUT2D eigenvalue weighted by molar-refractivity contribution is 5.93. The maximum Gasteiger partial charge on any atom is 0.306 e. The van der Waals surface area contributed by atoms with Gasteiger partial charge in [-0.15, -0.1) is 0 Å². The van der Waals surface area contributed by atoms with Gasteiger partial charge in [-0.05, 0) is 107 Å². The van der Waals surface area contributed by atoms with Crippen LogP contribution in [0.25, 0.3) is 0 Å². The number of amides is 2. The molecule has 0 fully saturated rings. The van der Waals surface area contributed by atoms with Crippen molar-refractivity contribution in [1.82, 2.24) is 16.0 Å². The lowest BCUT2D eigenvalue weighted by atomic mass is 9.99. The number of esters is 1. The summed E-state index contributed by atoms with van der Waals surface area (Å²) in [5.41, 5.74) is 2.16. The number of benzene rings is 3. The summed E-state index contributed by atoms with van der Waals surface area (Å²) in [4.78, 5) is 52.6. The molecule has 9 heteroatoms. The van der Waals surface area contributed by atoms with Gasteiger partial charge < -0.3 is 25.4 Å². The molecule has 46 heavy (non-hydrogen) atoms. The van der Waals surface area contributed by atoms with Crippen molar-refractivity contribution in [2.45, 2.75) is 89.9 Å². The Labute approximate surface area is 275 Å². The lowest BCUT2D eigenvalue weighted by molar-refractivity contribution is -0.154. The first-order chi connectivity index (χ1) is 21.9. The Balaban J connectivity index is 0.00000400. The predicted molar refractivity (Wildman–Crippen MR) is 183 cm³/mol. The van der Waals surface area contributed by atoms with Gasteiger partial charge in [0.2, 0.25) is 11.8 Å². The molecule has 3 aromatic rings. The highest BCUT2D eigenvalue weighted by Gasteiger charge is 2.29. The first-order valence-corrected chi connectivity index (χ1v) is 15.9. The number of Topliss-reactive ketones (excluding diaryl/α,β-unsaturated/α-hetero) is 1. The minimum absolute atomic E-state index is 0. The van der Waals surface area contributed by atoms with E-state index in [1.165, 1.54) is 6.92 Å². The normalized spacial score (nSPS) is 18.9. The number of carbonyl (C=O) groups excluding carboxylic acids is 4. The molecule has 4 bridgehead atoms. The number of ketones is 1. The number of fused-ring (bicyclic) bond motifs is 4. The summed E-state index contributed by atoms with van der Waals surface area (Å²) < 4.78 is 11.6. The predicted octanol–water partition coefficient (Wildman–Crippen LogP) is 5.59. The molecular formula is C37H51N3O6. The standard InChI is InChI=1S/C37H45N3O6.3H2/c1-25(41)32-23-27-13-8-15-29(21-27)45-30-16-9-14-28(22-30)24-33(38-20-10-17-34(42)46-37(2,3)4)36(44)39-31(35(43)40-32)19-18-26-11-6-5-7-12-26;;;/h5-9,11-16,21-22,31-33,38H,10,17-20,23-24H2,1-4H3,(H,39,44)(H,40,43);3*1H/t31-,32-,33-;;;/m0.../s1. The smallest absolute Gasteiger partial charge is 0.306 e. The molecule has 0 saturated carbocycles. The number of aryl methyl sites for hydroxylation is 1. The summed E-state index contributed by atoms with van der Waals surface area (Å²) in [6.45, 7) is 7.30. The van der Waals surface area contributed by atoms with Crippen LogP contribution in [0.4, 0.5) is 0 Å². The molecule has 0 radical (unpaired) electrons. The van der Waals surface area contributed by atoms with Crippen molar-refractivity contribution in [1.29, 1.82) is 0 Å². The van der Waals surface area contributed by atoms with E-state index in [-0.39, 0.29) is 34.8 Å². The molecule has 1 aliphatic heterocycles. The summed E-state index contributed by atoms with van der Waals surface area (Å²) in [5, 5.41) is 9.17. The first-order valence-electron chi connectivity index (χ1n) is 15.9. The van der Waals surface area contributed by atoms with Crippen molar-refractivity contribution < 1.29 is 32.9 Å². The number of nitrogens with one attached hydrogen (secondary N) is 3. The van der Waals surface area contributed by atoms with E-state index in [0.717, 1.165) is 16.7 Å². The summed E-state index contributed by atoms with van der Waals surface area (Å²) in [6.07, 6.45) is 2.17. The van der Waals surface area contributed by atoms with Gasteiger partial charge in [-0.25, -0.2) is 0 Å². The highest BCUT2D eigenvalue weighted by Crippen LogP contribution is 2.25. The summed E-state index contributed by atoms with van der Waals surface area (Å²) >= 11 is 0. The Morgan fingerprint density at radius 1 is 0.891 bits per heavy atom. The largest absolute Gasteiger partial charge is 0.460 e. The zero-order chi connectivity index (χ0) is 33.1. The second kappa shape index (κ2) is 16.2. The molecule has 3 atom stereocenters. The Bertz CT molecular complexity index is 1520. The average molecular weight is 634 g/mol. The molecule has 3 N–H and O–H groups in total. The average Bonchev–Trinajstić information content (AvgIpc) is 2.99. The Morgan fingerprint density at radius 3 is 2.17 bits per heavy atom. The Kier molecular flexibility index (Phi) is 12.1. The van der Waals surface area contributed by atoms with E-state index < -0.39 is 29.6 Å². The van der Waals surface area contributed by atoms with E-state index in [4.69, 9.17) is 9.47 Å². The molecule has 0 aromatic heterocycles. The fraction of sp³-hybridized carbons (Fsp3) is 0.405. The lowest BCUT2D eigenvalue weighted by Crippen LogP contribution is -2.56. The number of hydrogen-bond donors (Lipinski definition) is 3. The van der Waals surface area contributed by atoms with Crippen LogP contribution in [0, 0.1) is 0 Å². The van der Waals surface area contributed by atoms with Gasteiger partial charge in [-0.3, -0.25) is 19.2 Å². The van der Waals surface area contributed by atoms with E-state index in [2.05, 4.69) is 16.0 Å². The topological polar surface area (TPSA) is 123 Å². The zero-order valence-corrected chi connectivity index (χ0v) is 27.1. The van der Waals surface area contributed by atoms with Gasteiger partial charge >= 0.3 is 5.97 Å². The third-order valence-corrected chi connectivity index (χ3v) is 7.60. The van der Waals surface area contributed by atoms with Crippen molar-refractivity contribution in [3.05, 3.63) is 95.6 Å². The molecule has 0 spiro atoms. The minimum Gasteiger partial charge on any atom is -0.460 e. The fourth-order valence-electron chi connectivity index (χ4n) is 5.30. The van der Waals surface area contributed by atoms with Gasteiger partial charge in [0.25, 0.3) is 0 Å². The first kappa shape index (κ1) is 34.4. The monoisotopic (exact) mass is 633 g/mol. The quantitative estimate of drug-likeness (QED) is 0.208. The number of hydrogen-bond acceptors (Lipinski definition) is 7. The van der Waals surface area contributed by atoms with Crippen LogP contribution in [0.2, 0.25) is 0 Å². The molecular weight excluding hydrogens is 582 g/mol. The van der Waals surface area contributed by atoms with E-state index in [0.29, 0.717) is 43.7 Å². The Hall–Kier alpha value is -4.50.